The molecule has 0 atom stereocenters. The molecular formula is C25H29NO5. The molecule has 6 heteroatoms. The summed E-state index contributed by atoms with van der Waals surface area (Å²) in [7, 11) is 1.78. The average molecular weight is 424 g/mol. The van der Waals surface area contributed by atoms with Crippen LogP contribution in [0.1, 0.15) is 24.0 Å². The van der Waals surface area contributed by atoms with Gasteiger partial charge in [-0.2, -0.15) is 0 Å². The fourth-order valence-corrected chi connectivity index (χ4v) is 3.76. The summed E-state index contributed by atoms with van der Waals surface area (Å²) in [4.78, 5) is 11.8. The van der Waals surface area contributed by atoms with E-state index in [0.29, 0.717) is 25.9 Å². The molecule has 0 radical (unpaired) electrons. The van der Waals surface area contributed by atoms with E-state index in [4.69, 9.17) is 18.9 Å². The summed E-state index contributed by atoms with van der Waals surface area (Å²) in [6, 6.07) is 17.4. The van der Waals surface area contributed by atoms with Crippen molar-refractivity contribution in [2.45, 2.75) is 26.1 Å². The number of ether oxygens (including phenoxy) is 4. The van der Waals surface area contributed by atoms with Crippen molar-refractivity contribution in [3.05, 3.63) is 76.1 Å². The first-order valence-corrected chi connectivity index (χ1v) is 10.7. The van der Waals surface area contributed by atoms with E-state index in [9.17, 15) is 4.79 Å². The number of benzene rings is 2. The summed E-state index contributed by atoms with van der Waals surface area (Å²) in [5, 5.41) is 1.02. The summed E-state index contributed by atoms with van der Waals surface area (Å²) in [6.45, 7) is 3.63. The first-order valence-electron chi connectivity index (χ1n) is 10.7. The van der Waals surface area contributed by atoms with E-state index >= 15 is 0 Å². The van der Waals surface area contributed by atoms with Crippen LogP contribution in [0.15, 0.2) is 59.4 Å². The van der Waals surface area contributed by atoms with Crippen molar-refractivity contribution in [2.75, 3.05) is 26.6 Å². The number of rotatable bonds is 9. The molecule has 1 saturated heterocycles. The van der Waals surface area contributed by atoms with Crippen LogP contribution in [0, 0.1) is 5.92 Å². The van der Waals surface area contributed by atoms with Crippen molar-refractivity contribution < 1.29 is 18.9 Å². The molecule has 0 spiro atoms. The lowest BCUT2D eigenvalue weighted by Gasteiger charge is -2.21. The second-order valence-electron chi connectivity index (χ2n) is 7.95. The number of hydrogen-bond donors (Lipinski definition) is 0. The molecule has 0 bridgehead atoms. The molecule has 2 aromatic carbocycles. The Morgan fingerprint density at radius 1 is 0.968 bits per heavy atom. The highest BCUT2D eigenvalue weighted by atomic mass is 16.7. The van der Waals surface area contributed by atoms with Crippen molar-refractivity contribution in [3.8, 4) is 5.75 Å². The Labute approximate surface area is 182 Å². The van der Waals surface area contributed by atoms with Crippen LogP contribution in [-0.2, 0) is 34.5 Å². The lowest BCUT2D eigenvalue weighted by molar-refractivity contribution is -0.0815. The number of pyridine rings is 1. The molecule has 1 aliphatic rings. The van der Waals surface area contributed by atoms with Crippen LogP contribution in [0.3, 0.4) is 0 Å². The van der Waals surface area contributed by atoms with Crippen molar-refractivity contribution in [1.29, 1.82) is 0 Å². The lowest BCUT2D eigenvalue weighted by Crippen LogP contribution is -2.20. The highest BCUT2D eigenvalue weighted by Crippen LogP contribution is 2.19. The van der Waals surface area contributed by atoms with Crippen LogP contribution >= 0.6 is 0 Å². The van der Waals surface area contributed by atoms with Crippen molar-refractivity contribution in [2.24, 2.45) is 13.0 Å². The van der Waals surface area contributed by atoms with Crippen molar-refractivity contribution in [1.82, 2.24) is 4.57 Å². The van der Waals surface area contributed by atoms with Gasteiger partial charge in [-0.15, -0.1) is 0 Å². The SMILES string of the molecule is Cn1c(=O)ccc2cc(COc3cccc(COCOCC4CCOCC4)c3)ccc21. The Hall–Kier alpha value is -2.67. The predicted octanol–water partition coefficient (Wildman–Crippen LogP) is 4.03. The molecule has 6 nitrogen and oxygen atoms in total. The maximum atomic E-state index is 11.8. The van der Waals surface area contributed by atoms with E-state index in [1.165, 1.54) is 0 Å². The molecule has 1 aromatic heterocycles. The normalized spacial score (nSPS) is 14.7. The van der Waals surface area contributed by atoms with Crippen LogP contribution in [0.2, 0.25) is 0 Å². The van der Waals surface area contributed by atoms with Gasteiger partial charge in [-0.05, 0) is 65.6 Å². The van der Waals surface area contributed by atoms with Crippen LogP contribution in [0.4, 0.5) is 0 Å². The summed E-state index contributed by atoms with van der Waals surface area (Å²) < 4.78 is 24.3. The Morgan fingerprint density at radius 2 is 1.81 bits per heavy atom. The molecule has 0 amide bonds. The Bertz CT molecular complexity index is 1060. The molecule has 3 aromatic rings. The smallest absolute Gasteiger partial charge is 0.250 e. The predicted molar refractivity (Wildman–Crippen MR) is 119 cm³/mol. The average Bonchev–Trinajstić information content (AvgIpc) is 2.81. The minimum absolute atomic E-state index is 0.00970. The fourth-order valence-electron chi connectivity index (χ4n) is 3.76. The van der Waals surface area contributed by atoms with Gasteiger partial charge in [0, 0.05) is 26.3 Å². The van der Waals surface area contributed by atoms with Gasteiger partial charge in [0.05, 0.1) is 18.7 Å². The molecule has 0 aliphatic carbocycles. The maximum Gasteiger partial charge on any atom is 0.250 e. The molecule has 1 fully saturated rings. The zero-order valence-corrected chi connectivity index (χ0v) is 17.9. The third-order valence-corrected chi connectivity index (χ3v) is 5.62. The third-order valence-electron chi connectivity index (χ3n) is 5.62. The van der Waals surface area contributed by atoms with Crippen molar-refractivity contribution >= 4 is 10.9 Å². The lowest BCUT2D eigenvalue weighted by atomic mass is 10.0. The van der Waals surface area contributed by atoms with E-state index < -0.39 is 0 Å². The monoisotopic (exact) mass is 423 g/mol. The Balaban J connectivity index is 1.25. The zero-order valence-electron chi connectivity index (χ0n) is 17.9. The van der Waals surface area contributed by atoms with Gasteiger partial charge < -0.3 is 23.5 Å². The van der Waals surface area contributed by atoms with Crippen LogP contribution < -0.4 is 10.3 Å². The first-order chi connectivity index (χ1) is 15.2. The minimum Gasteiger partial charge on any atom is -0.489 e. The van der Waals surface area contributed by atoms with Gasteiger partial charge in [0.25, 0.3) is 5.56 Å². The van der Waals surface area contributed by atoms with E-state index in [-0.39, 0.29) is 5.56 Å². The molecule has 4 rings (SSSR count). The fraction of sp³-hybridized carbons (Fsp3) is 0.400. The second-order valence-corrected chi connectivity index (χ2v) is 7.95. The van der Waals surface area contributed by atoms with Crippen LogP contribution in [0.25, 0.3) is 10.9 Å². The van der Waals surface area contributed by atoms with E-state index in [1.54, 1.807) is 17.7 Å². The van der Waals surface area contributed by atoms with Gasteiger partial charge in [-0.1, -0.05) is 18.2 Å². The molecule has 0 unspecified atom stereocenters. The Morgan fingerprint density at radius 3 is 2.68 bits per heavy atom. The molecule has 1 aliphatic heterocycles. The third kappa shape index (κ3) is 5.94. The topological polar surface area (TPSA) is 58.9 Å². The summed E-state index contributed by atoms with van der Waals surface area (Å²) in [5.41, 5.74) is 2.99. The van der Waals surface area contributed by atoms with Crippen LogP contribution in [-0.4, -0.2) is 31.2 Å². The van der Waals surface area contributed by atoms with Gasteiger partial charge in [0.1, 0.15) is 19.1 Å². The minimum atomic E-state index is -0.00970. The van der Waals surface area contributed by atoms with Gasteiger partial charge >= 0.3 is 0 Å². The first kappa shape index (κ1) is 21.6. The second kappa shape index (κ2) is 10.6. The Kier molecular flexibility index (Phi) is 7.35. The molecule has 164 valence electrons. The highest BCUT2D eigenvalue weighted by Gasteiger charge is 2.13. The molecule has 2 heterocycles. The standard InChI is InChI=1S/C25H29NO5/c1-26-24-7-5-21(13-22(24)6-8-25(26)27)17-31-23-4-2-3-20(14-23)16-30-18-29-15-19-9-11-28-12-10-19/h2-8,13-14,19H,9-12,15-18H2,1H3. The van der Waals surface area contributed by atoms with E-state index in [1.807, 2.05) is 42.5 Å². The van der Waals surface area contributed by atoms with E-state index in [0.717, 1.165) is 60.4 Å². The summed E-state index contributed by atoms with van der Waals surface area (Å²) in [6.07, 6.45) is 2.13. The zero-order chi connectivity index (χ0) is 21.5. The molecular weight excluding hydrogens is 394 g/mol. The summed E-state index contributed by atoms with van der Waals surface area (Å²) >= 11 is 0. The van der Waals surface area contributed by atoms with Crippen LogP contribution in [0.5, 0.6) is 5.75 Å². The number of hydrogen-bond acceptors (Lipinski definition) is 5. The molecule has 0 saturated carbocycles. The van der Waals surface area contributed by atoms with Gasteiger partial charge in [-0.3, -0.25) is 4.79 Å². The van der Waals surface area contributed by atoms with Gasteiger partial charge in [-0.25, -0.2) is 0 Å². The van der Waals surface area contributed by atoms with E-state index in [2.05, 4.69) is 6.07 Å². The number of nitrogens with zero attached hydrogens (tertiary/aromatic N) is 1. The van der Waals surface area contributed by atoms with Gasteiger partial charge in [0.15, 0.2) is 0 Å². The number of fused-ring (bicyclic) bond motifs is 1. The summed E-state index contributed by atoms with van der Waals surface area (Å²) in [5.74, 6) is 1.37. The largest absolute Gasteiger partial charge is 0.489 e. The number of aryl methyl sites for hydroxylation is 1. The maximum absolute atomic E-state index is 11.8. The quantitative estimate of drug-likeness (QED) is 0.384. The highest BCUT2D eigenvalue weighted by molar-refractivity contribution is 5.79. The van der Waals surface area contributed by atoms with Gasteiger partial charge in [0.2, 0.25) is 0 Å². The number of aromatic nitrogens is 1. The molecule has 31 heavy (non-hydrogen) atoms. The van der Waals surface area contributed by atoms with Crippen molar-refractivity contribution in [3.63, 3.8) is 0 Å². The molecule has 0 N–H and O–H groups in total.